The first kappa shape index (κ1) is 14.5. The summed E-state index contributed by atoms with van der Waals surface area (Å²) in [6.45, 7) is 2.43. The van der Waals surface area contributed by atoms with Crippen molar-refractivity contribution in [2.24, 2.45) is 5.92 Å². The molecule has 1 atom stereocenters. The van der Waals surface area contributed by atoms with E-state index in [-0.39, 0.29) is 12.5 Å². The van der Waals surface area contributed by atoms with Crippen LogP contribution < -0.4 is 5.32 Å². The van der Waals surface area contributed by atoms with Crippen LogP contribution in [0.4, 0.5) is 5.69 Å². The Balaban J connectivity index is 1.54. The first-order valence-corrected chi connectivity index (χ1v) is 7.99. The molecule has 1 aliphatic carbocycles. The van der Waals surface area contributed by atoms with Crippen molar-refractivity contribution < 1.29 is 9.90 Å². The van der Waals surface area contributed by atoms with Crippen LogP contribution >= 0.6 is 0 Å². The second-order valence-corrected chi connectivity index (χ2v) is 6.31. The average Bonchev–Trinajstić information content (AvgIpc) is 2.95. The van der Waals surface area contributed by atoms with Crippen molar-refractivity contribution in [3.05, 3.63) is 29.3 Å². The van der Waals surface area contributed by atoms with Gasteiger partial charge in [-0.1, -0.05) is 6.07 Å². The number of likely N-dealkylation sites (tertiary alicyclic amines) is 1. The van der Waals surface area contributed by atoms with Gasteiger partial charge in [0, 0.05) is 18.8 Å². The fourth-order valence-corrected chi connectivity index (χ4v) is 3.50. The number of amides is 1. The van der Waals surface area contributed by atoms with Gasteiger partial charge in [-0.2, -0.15) is 0 Å². The Kier molecular flexibility index (Phi) is 4.56. The summed E-state index contributed by atoms with van der Waals surface area (Å²) in [5.74, 6) is 0.373. The lowest BCUT2D eigenvalue weighted by molar-refractivity contribution is -0.117. The van der Waals surface area contributed by atoms with Crippen LogP contribution in [0.5, 0.6) is 0 Å². The summed E-state index contributed by atoms with van der Waals surface area (Å²) in [7, 11) is 0. The van der Waals surface area contributed by atoms with Gasteiger partial charge in [-0.3, -0.25) is 9.69 Å². The van der Waals surface area contributed by atoms with Crippen molar-refractivity contribution in [2.45, 2.75) is 32.1 Å². The monoisotopic (exact) mass is 288 g/mol. The predicted octanol–water partition coefficient (Wildman–Crippen LogP) is 1.82. The lowest BCUT2D eigenvalue weighted by atomic mass is 9.99. The van der Waals surface area contributed by atoms with Crippen molar-refractivity contribution in [1.29, 1.82) is 0 Å². The minimum absolute atomic E-state index is 0.0477. The molecule has 0 saturated carbocycles. The molecule has 1 aromatic carbocycles. The van der Waals surface area contributed by atoms with E-state index in [2.05, 4.69) is 22.3 Å². The van der Waals surface area contributed by atoms with Gasteiger partial charge in [-0.25, -0.2) is 0 Å². The van der Waals surface area contributed by atoms with E-state index in [1.165, 1.54) is 24.0 Å². The van der Waals surface area contributed by atoms with Gasteiger partial charge in [0.2, 0.25) is 5.91 Å². The van der Waals surface area contributed by atoms with Gasteiger partial charge in [0.25, 0.3) is 0 Å². The number of fused-ring (bicyclic) bond motifs is 1. The molecule has 0 aromatic heterocycles. The third kappa shape index (κ3) is 3.63. The van der Waals surface area contributed by atoms with E-state index in [4.69, 9.17) is 0 Å². The molecule has 4 nitrogen and oxygen atoms in total. The number of aliphatic hydroxyl groups excluding tert-OH is 1. The molecule has 21 heavy (non-hydrogen) atoms. The summed E-state index contributed by atoms with van der Waals surface area (Å²) in [6.07, 6.45) is 5.66. The Bertz CT molecular complexity index is 516. The zero-order valence-electron chi connectivity index (χ0n) is 12.5. The van der Waals surface area contributed by atoms with Gasteiger partial charge in [-0.05, 0) is 67.8 Å². The maximum Gasteiger partial charge on any atom is 0.238 e. The molecule has 1 aliphatic heterocycles. The number of aliphatic hydroxyl groups is 1. The van der Waals surface area contributed by atoms with Gasteiger partial charge in [-0.15, -0.1) is 0 Å². The molecule has 1 heterocycles. The molecular formula is C17H24N2O2. The first-order valence-electron chi connectivity index (χ1n) is 7.99. The van der Waals surface area contributed by atoms with Crippen molar-refractivity contribution >= 4 is 11.6 Å². The summed E-state index contributed by atoms with van der Waals surface area (Å²) in [5, 5.41) is 12.2. The zero-order chi connectivity index (χ0) is 14.7. The average molecular weight is 288 g/mol. The van der Waals surface area contributed by atoms with Gasteiger partial charge >= 0.3 is 0 Å². The Labute approximate surface area is 126 Å². The van der Waals surface area contributed by atoms with Crippen LogP contribution in [0.3, 0.4) is 0 Å². The number of hydrogen-bond acceptors (Lipinski definition) is 3. The minimum atomic E-state index is 0.0477. The highest BCUT2D eigenvalue weighted by molar-refractivity contribution is 5.92. The maximum atomic E-state index is 12.2. The number of nitrogens with one attached hydrogen (secondary N) is 1. The fraction of sp³-hybridized carbons (Fsp3) is 0.588. The molecular weight excluding hydrogens is 264 g/mol. The van der Waals surface area contributed by atoms with Crippen LogP contribution in [0.2, 0.25) is 0 Å². The van der Waals surface area contributed by atoms with E-state index < -0.39 is 0 Å². The standard InChI is InChI=1S/C17H24N2O2/c20-12-13-3-2-8-19(10-13)11-17(21)18-16-7-6-14-4-1-5-15(14)9-16/h6-7,9,13,20H,1-5,8,10-12H2,(H,18,21). The van der Waals surface area contributed by atoms with Crippen molar-refractivity contribution in [3.63, 3.8) is 0 Å². The minimum Gasteiger partial charge on any atom is -0.396 e. The summed E-state index contributed by atoms with van der Waals surface area (Å²) < 4.78 is 0. The van der Waals surface area contributed by atoms with Gasteiger partial charge in [0.15, 0.2) is 0 Å². The third-order valence-electron chi connectivity index (χ3n) is 4.61. The smallest absolute Gasteiger partial charge is 0.238 e. The maximum absolute atomic E-state index is 12.2. The van der Waals surface area contributed by atoms with Gasteiger partial charge in [0.1, 0.15) is 0 Å². The summed E-state index contributed by atoms with van der Waals surface area (Å²) in [5.41, 5.74) is 3.72. The van der Waals surface area contributed by atoms with E-state index >= 15 is 0 Å². The number of anilines is 1. The van der Waals surface area contributed by atoms with Gasteiger partial charge in [0.05, 0.1) is 6.54 Å². The number of nitrogens with zero attached hydrogens (tertiary/aromatic N) is 1. The summed E-state index contributed by atoms with van der Waals surface area (Å²) in [4.78, 5) is 14.3. The normalized spacial score (nSPS) is 22.0. The van der Waals surface area contributed by atoms with E-state index in [0.29, 0.717) is 12.5 Å². The molecule has 1 aromatic rings. The highest BCUT2D eigenvalue weighted by atomic mass is 16.3. The lowest BCUT2D eigenvalue weighted by Crippen LogP contribution is -2.41. The largest absolute Gasteiger partial charge is 0.396 e. The molecule has 1 unspecified atom stereocenters. The molecule has 3 rings (SSSR count). The number of piperidine rings is 1. The molecule has 1 saturated heterocycles. The number of aryl methyl sites for hydroxylation is 2. The van der Waals surface area contributed by atoms with Crippen molar-refractivity contribution in [3.8, 4) is 0 Å². The Hall–Kier alpha value is -1.39. The highest BCUT2D eigenvalue weighted by Gasteiger charge is 2.21. The van der Waals surface area contributed by atoms with Crippen LogP contribution in [0.1, 0.15) is 30.4 Å². The van der Waals surface area contributed by atoms with Crippen molar-refractivity contribution in [1.82, 2.24) is 4.90 Å². The second-order valence-electron chi connectivity index (χ2n) is 6.31. The molecule has 0 spiro atoms. The number of hydrogen-bond donors (Lipinski definition) is 2. The van der Waals surface area contributed by atoms with Crippen molar-refractivity contribution in [2.75, 3.05) is 31.6 Å². The molecule has 1 fully saturated rings. The molecule has 4 heteroatoms. The molecule has 2 N–H and O–H groups in total. The molecule has 2 aliphatic rings. The van der Waals surface area contributed by atoms with Crippen LogP contribution in [-0.4, -0.2) is 42.2 Å². The lowest BCUT2D eigenvalue weighted by Gasteiger charge is -2.31. The third-order valence-corrected chi connectivity index (χ3v) is 4.61. The summed E-state index contributed by atoms with van der Waals surface area (Å²) >= 11 is 0. The molecule has 114 valence electrons. The first-order chi connectivity index (χ1) is 10.2. The topological polar surface area (TPSA) is 52.6 Å². The zero-order valence-corrected chi connectivity index (χ0v) is 12.5. The summed E-state index contributed by atoms with van der Waals surface area (Å²) in [6, 6.07) is 6.27. The van der Waals surface area contributed by atoms with Gasteiger partial charge < -0.3 is 10.4 Å². The number of benzene rings is 1. The van der Waals surface area contributed by atoms with E-state index in [1.54, 1.807) is 0 Å². The molecule has 0 radical (unpaired) electrons. The predicted molar refractivity (Wildman–Crippen MR) is 83.3 cm³/mol. The molecule has 1 amide bonds. The van der Waals surface area contributed by atoms with Crippen LogP contribution in [0.15, 0.2) is 18.2 Å². The second kappa shape index (κ2) is 6.58. The Morgan fingerprint density at radius 3 is 3.00 bits per heavy atom. The Morgan fingerprint density at radius 1 is 1.29 bits per heavy atom. The van der Waals surface area contributed by atoms with Crippen LogP contribution in [-0.2, 0) is 17.6 Å². The Morgan fingerprint density at radius 2 is 2.14 bits per heavy atom. The van der Waals surface area contributed by atoms with E-state index in [0.717, 1.165) is 38.0 Å². The van der Waals surface area contributed by atoms with Crippen LogP contribution in [0, 0.1) is 5.92 Å². The number of carbonyl (C=O) groups excluding carboxylic acids is 1. The SMILES string of the molecule is O=C(CN1CCCC(CO)C1)Nc1ccc2c(c1)CCC2. The number of rotatable bonds is 4. The van der Waals surface area contributed by atoms with E-state index in [1.807, 2.05) is 6.07 Å². The fourth-order valence-electron chi connectivity index (χ4n) is 3.50. The quantitative estimate of drug-likeness (QED) is 0.888. The molecule has 0 bridgehead atoms. The number of carbonyl (C=O) groups is 1. The van der Waals surface area contributed by atoms with E-state index in [9.17, 15) is 9.90 Å². The van der Waals surface area contributed by atoms with Crippen LogP contribution in [0.25, 0.3) is 0 Å². The highest BCUT2D eigenvalue weighted by Crippen LogP contribution is 2.25.